The summed E-state index contributed by atoms with van der Waals surface area (Å²) in [7, 11) is 0. The molecule has 0 unspecified atom stereocenters. The molecular weight excluding hydrogens is 242 g/mol. The van der Waals surface area contributed by atoms with Crippen LogP contribution in [0.25, 0.3) is 10.9 Å². The third-order valence-electron chi connectivity index (χ3n) is 2.52. The summed E-state index contributed by atoms with van der Waals surface area (Å²) >= 11 is 0. The van der Waals surface area contributed by atoms with E-state index in [2.05, 4.69) is 0 Å². The van der Waals surface area contributed by atoms with Crippen molar-refractivity contribution in [3.05, 3.63) is 36.0 Å². The first kappa shape index (κ1) is 13.5. The number of nitrogens with zero attached hydrogens (tertiary/aromatic N) is 1. The zero-order valence-corrected chi connectivity index (χ0v) is 11.8. The average Bonchev–Trinajstić information content (AvgIpc) is 2.67. The summed E-state index contributed by atoms with van der Waals surface area (Å²) in [5.74, 6) is -0.372. The lowest BCUT2D eigenvalue weighted by molar-refractivity contribution is -0.0144. The van der Waals surface area contributed by atoms with Gasteiger partial charge < -0.3 is 9.57 Å². The van der Waals surface area contributed by atoms with Crippen molar-refractivity contribution in [2.24, 2.45) is 0 Å². The van der Waals surface area contributed by atoms with E-state index in [1.807, 2.05) is 45.0 Å². The molecule has 0 bridgehead atoms. The summed E-state index contributed by atoms with van der Waals surface area (Å²) in [6, 6.07) is 9.50. The van der Waals surface area contributed by atoms with E-state index in [-0.39, 0.29) is 5.97 Å². The number of carbonyl (C=O) groups excluding carboxylic acids is 1. The van der Waals surface area contributed by atoms with E-state index < -0.39 is 5.60 Å². The fraction of sp³-hybridized carbons (Fsp3) is 0.400. The lowest BCUT2D eigenvalue weighted by atomic mass is 10.2. The summed E-state index contributed by atoms with van der Waals surface area (Å²) < 4.78 is 6.64. The number of para-hydroxylation sites is 1. The van der Waals surface area contributed by atoms with Gasteiger partial charge in [-0.05, 0) is 39.8 Å². The van der Waals surface area contributed by atoms with E-state index in [0.29, 0.717) is 12.3 Å². The van der Waals surface area contributed by atoms with E-state index in [4.69, 9.17) is 9.57 Å². The highest BCUT2D eigenvalue weighted by molar-refractivity contribution is 5.95. The molecule has 0 atom stereocenters. The van der Waals surface area contributed by atoms with Gasteiger partial charge in [-0.1, -0.05) is 18.2 Å². The first-order chi connectivity index (χ1) is 8.92. The molecule has 4 nitrogen and oxygen atoms in total. The van der Waals surface area contributed by atoms with Crippen LogP contribution in [0.15, 0.2) is 30.3 Å². The number of fused-ring (bicyclic) bond motifs is 1. The highest BCUT2D eigenvalue weighted by Gasteiger charge is 2.21. The molecule has 0 aliphatic rings. The largest absolute Gasteiger partial charge is 0.461 e. The van der Waals surface area contributed by atoms with E-state index in [1.165, 1.54) is 0 Å². The Labute approximate surface area is 112 Å². The van der Waals surface area contributed by atoms with Gasteiger partial charge in [-0.15, -0.1) is 0 Å². The summed E-state index contributed by atoms with van der Waals surface area (Å²) in [6.45, 7) is 7.95. The van der Waals surface area contributed by atoms with Crippen LogP contribution in [0.4, 0.5) is 0 Å². The van der Waals surface area contributed by atoms with E-state index in [1.54, 1.807) is 17.7 Å². The van der Waals surface area contributed by atoms with Gasteiger partial charge >= 0.3 is 5.97 Å². The van der Waals surface area contributed by atoms with Crippen molar-refractivity contribution >= 4 is 16.9 Å². The van der Waals surface area contributed by atoms with Crippen LogP contribution < -0.4 is 4.84 Å². The van der Waals surface area contributed by atoms with Gasteiger partial charge in [-0.25, -0.2) is 4.79 Å². The molecule has 1 heterocycles. The molecule has 4 heteroatoms. The van der Waals surface area contributed by atoms with Gasteiger partial charge in [0.15, 0.2) is 5.69 Å². The third kappa shape index (κ3) is 2.89. The Bertz CT molecular complexity index is 593. The smallest absolute Gasteiger partial charge is 0.358 e. The normalized spacial score (nSPS) is 11.6. The quantitative estimate of drug-likeness (QED) is 0.797. The maximum absolute atomic E-state index is 12.0. The van der Waals surface area contributed by atoms with Gasteiger partial charge in [0.05, 0.1) is 12.1 Å². The number of hydrogen-bond acceptors (Lipinski definition) is 3. The highest BCUT2D eigenvalue weighted by Crippen LogP contribution is 2.21. The van der Waals surface area contributed by atoms with Crippen LogP contribution in [-0.4, -0.2) is 22.9 Å². The predicted octanol–water partition coefficient (Wildman–Crippen LogP) is 3.05. The molecule has 102 valence electrons. The molecule has 19 heavy (non-hydrogen) atoms. The second-order valence-electron chi connectivity index (χ2n) is 5.31. The molecule has 1 aromatic carbocycles. The molecule has 0 saturated heterocycles. The SMILES string of the molecule is CCOC(=O)c1cc2ccccc2n1OC(C)(C)C. The fourth-order valence-electron chi connectivity index (χ4n) is 1.85. The van der Waals surface area contributed by atoms with Crippen LogP contribution in [0.3, 0.4) is 0 Å². The van der Waals surface area contributed by atoms with Crippen LogP contribution in [0.5, 0.6) is 0 Å². The van der Waals surface area contributed by atoms with Crippen molar-refractivity contribution in [2.45, 2.75) is 33.3 Å². The topological polar surface area (TPSA) is 40.5 Å². The van der Waals surface area contributed by atoms with Gasteiger partial charge in [0.25, 0.3) is 0 Å². The molecule has 0 radical (unpaired) electrons. The number of hydrogen-bond donors (Lipinski definition) is 0. The molecule has 0 fully saturated rings. The van der Waals surface area contributed by atoms with Crippen molar-refractivity contribution in [3.8, 4) is 0 Å². The summed E-state index contributed by atoms with van der Waals surface area (Å²) in [5.41, 5.74) is 0.877. The number of ether oxygens (including phenoxy) is 1. The maximum atomic E-state index is 12.0. The average molecular weight is 261 g/mol. The third-order valence-corrected chi connectivity index (χ3v) is 2.52. The molecule has 0 spiro atoms. The predicted molar refractivity (Wildman–Crippen MR) is 74.2 cm³/mol. The molecule has 2 aromatic rings. The number of aromatic nitrogens is 1. The van der Waals surface area contributed by atoms with Crippen molar-refractivity contribution in [2.75, 3.05) is 6.61 Å². The maximum Gasteiger partial charge on any atom is 0.358 e. The second kappa shape index (κ2) is 4.96. The minimum Gasteiger partial charge on any atom is -0.461 e. The van der Waals surface area contributed by atoms with Crippen LogP contribution in [0, 0.1) is 0 Å². The van der Waals surface area contributed by atoms with E-state index >= 15 is 0 Å². The molecule has 1 aromatic heterocycles. The van der Waals surface area contributed by atoms with E-state index in [9.17, 15) is 4.79 Å². The van der Waals surface area contributed by atoms with Crippen molar-refractivity contribution < 1.29 is 14.4 Å². The van der Waals surface area contributed by atoms with Crippen LogP contribution in [0.1, 0.15) is 38.2 Å². The molecule has 0 N–H and O–H groups in total. The second-order valence-corrected chi connectivity index (χ2v) is 5.31. The monoisotopic (exact) mass is 261 g/mol. The zero-order chi connectivity index (χ0) is 14.0. The molecule has 2 rings (SSSR count). The molecule has 0 saturated carbocycles. The van der Waals surface area contributed by atoms with Crippen molar-refractivity contribution in [1.82, 2.24) is 4.73 Å². The molecule has 0 amide bonds. The Kier molecular flexibility index (Phi) is 3.51. The molecule has 0 aliphatic carbocycles. The van der Waals surface area contributed by atoms with Gasteiger partial charge in [0.2, 0.25) is 0 Å². The van der Waals surface area contributed by atoms with Crippen LogP contribution >= 0.6 is 0 Å². The van der Waals surface area contributed by atoms with Gasteiger partial charge in [0.1, 0.15) is 5.60 Å². The van der Waals surface area contributed by atoms with Crippen molar-refractivity contribution in [1.29, 1.82) is 0 Å². The number of esters is 1. The Morgan fingerprint density at radius 1 is 1.26 bits per heavy atom. The summed E-state index contributed by atoms with van der Waals surface area (Å²) in [4.78, 5) is 17.9. The standard InChI is InChI=1S/C15H19NO3/c1-5-18-14(17)13-10-11-8-6-7-9-12(11)16(13)19-15(2,3)4/h6-10H,5H2,1-4H3. The lowest BCUT2D eigenvalue weighted by Crippen LogP contribution is -2.33. The molecular formula is C15H19NO3. The van der Waals surface area contributed by atoms with Crippen molar-refractivity contribution in [3.63, 3.8) is 0 Å². The Morgan fingerprint density at radius 2 is 1.95 bits per heavy atom. The Balaban J connectivity index is 2.55. The fourth-order valence-corrected chi connectivity index (χ4v) is 1.85. The molecule has 0 aliphatic heterocycles. The van der Waals surface area contributed by atoms with Gasteiger partial charge in [0, 0.05) is 5.39 Å². The Morgan fingerprint density at radius 3 is 2.58 bits per heavy atom. The first-order valence-corrected chi connectivity index (χ1v) is 6.39. The highest BCUT2D eigenvalue weighted by atomic mass is 16.7. The van der Waals surface area contributed by atoms with Gasteiger partial charge in [-0.2, -0.15) is 4.73 Å². The van der Waals surface area contributed by atoms with Gasteiger partial charge in [-0.3, -0.25) is 0 Å². The van der Waals surface area contributed by atoms with Crippen LogP contribution in [0.2, 0.25) is 0 Å². The number of benzene rings is 1. The zero-order valence-electron chi connectivity index (χ0n) is 11.8. The van der Waals surface area contributed by atoms with E-state index in [0.717, 1.165) is 10.9 Å². The summed E-state index contributed by atoms with van der Waals surface area (Å²) in [6.07, 6.45) is 0. The number of carbonyl (C=O) groups is 1. The first-order valence-electron chi connectivity index (χ1n) is 6.39. The van der Waals surface area contributed by atoms with Crippen LogP contribution in [-0.2, 0) is 4.74 Å². The Hall–Kier alpha value is -1.97. The lowest BCUT2D eigenvalue weighted by Gasteiger charge is -2.23. The minimum absolute atomic E-state index is 0.343. The summed E-state index contributed by atoms with van der Waals surface area (Å²) in [5, 5.41) is 0.954. The number of rotatable bonds is 3. The minimum atomic E-state index is -0.400.